The van der Waals surface area contributed by atoms with Gasteiger partial charge in [0.2, 0.25) is 0 Å². The van der Waals surface area contributed by atoms with Crippen LogP contribution in [0.4, 0.5) is 0 Å². The lowest BCUT2D eigenvalue weighted by molar-refractivity contribution is 0.755. The van der Waals surface area contributed by atoms with Crippen LogP contribution < -0.4 is 0 Å². The standard InChI is InChI=1S/C11H15Br/c1-8-6-4-5-7-11(8)9(2)10(3)12/h4-7,9-10H,1-3H3. The van der Waals surface area contributed by atoms with Gasteiger partial charge in [0.1, 0.15) is 0 Å². The van der Waals surface area contributed by atoms with Gasteiger partial charge in [-0.1, -0.05) is 54.0 Å². The fourth-order valence-electron chi connectivity index (χ4n) is 1.35. The Hall–Kier alpha value is -0.300. The van der Waals surface area contributed by atoms with Gasteiger partial charge in [0.25, 0.3) is 0 Å². The van der Waals surface area contributed by atoms with Crippen LogP contribution in [-0.4, -0.2) is 4.83 Å². The first kappa shape index (κ1) is 9.79. The number of rotatable bonds is 2. The van der Waals surface area contributed by atoms with Gasteiger partial charge in [0, 0.05) is 4.83 Å². The Morgan fingerprint density at radius 3 is 2.25 bits per heavy atom. The zero-order valence-electron chi connectivity index (χ0n) is 7.84. The Labute approximate surface area is 83.1 Å². The zero-order valence-corrected chi connectivity index (χ0v) is 9.43. The molecule has 0 aliphatic carbocycles. The molecule has 0 spiro atoms. The quantitative estimate of drug-likeness (QED) is 0.672. The van der Waals surface area contributed by atoms with Gasteiger partial charge < -0.3 is 0 Å². The minimum Gasteiger partial charge on any atom is -0.0887 e. The molecule has 0 radical (unpaired) electrons. The van der Waals surface area contributed by atoms with E-state index in [1.165, 1.54) is 11.1 Å². The molecule has 0 nitrogen and oxygen atoms in total. The molecule has 0 heterocycles. The van der Waals surface area contributed by atoms with Crippen molar-refractivity contribution in [3.8, 4) is 0 Å². The molecule has 66 valence electrons. The SMILES string of the molecule is Cc1ccccc1C(C)C(C)Br. The number of halogens is 1. The average Bonchev–Trinajstić information content (AvgIpc) is 2.04. The van der Waals surface area contributed by atoms with E-state index in [2.05, 4.69) is 61.0 Å². The average molecular weight is 227 g/mol. The lowest BCUT2D eigenvalue weighted by Crippen LogP contribution is -2.05. The normalized spacial score (nSPS) is 15.7. The Morgan fingerprint density at radius 1 is 1.17 bits per heavy atom. The topological polar surface area (TPSA) is 0 Å². The van der Waals surface area contributed by atoms with Crippen molar-refractivity contribution >= 4 is 15.9 Å². The maximum atomic E-state index is 3.61. The first-order chi connectivity index (χ1) is 5.63. The predicted molar refractivity (Wildman–Crippen MR) is 58.0 cm³/mol. The van der Waals surface area contributed by atoms with Crippen molar-refractivity contribution in [2.45, 2.75) is 31.5 Å². The van der Waals surface area contributed by atoms with Crippen LogP contribution in [-0.2, 0) is 0 Å². The van der Waals surface area contributed by atoms with Gasteiger partial charge in [-0.15, -0.1) is 0 Å². The van der Waals surface area contributed by atoms with Crippen LogP contribution in [0.3, 0.4) is 0 Å². The lowest BCUT2D eigenvalue weighted by Gasteiger charge is -2.16. The Kier molecular flexibility index (Phi) is 3.33. The molecule has 0 N–H and O–H groups in total. The molecule has 0 aromatic heterocycles. The summed E-state index contributed by atoms with van der Waals surface area (Å²) in [7, 11) is 0. The molecule has 1 aromatic carbocycles. The molecule has 0 saturated heterocycles. The van der Waals surface area contributed by atoms with Gasteiger partial charge in [-0.3, -0.25) is 0 Å². The van der Waals surface area contributed by atoms with Crippen molar-refractivity contribution in [3.63, 3.8) is 0 Å². The van der Waals surface area contributed by atoms with Gasteiger partial charge in [0.15, 0.2) is 0 Å². The van der Waals surface area contributed by atoms with Crippen molar-refractivity contribution in [2.75, 3.05) is 0 Å². The first-order valence-corrected chi connectivity index (χ1v) is 5.24. The van der Waals surface area contributed by atoms with Gasteiger partial charge >= 0.3 is 0 Å². The molecular weight excluding hydrogens is 212 g/mol. The van der Waals surface area contributed by atoms with E-state index in [-0.39, 0.29) is 0 Å². The number of aryl methyl sites for hydroxylation is 1. The van der Waals surface area contributed by atoms with Crippen molar-refractivity contribution in [1.82, 2.24) is 0 Å². The number of hydrogen-bond donors (Lipinski definition) is 0. The molecule has 1 rings (SSSR count). The Morgan fingerprint density at radius 2 is 1.75 bits per heavy atom. The molecule has 0 saturated carbocycles. The Bertz CT molecular complexity index is 253. The monoisotopic (exact) mass is 226 g/mol. The van der Waals surface area contributed by atoms with Crippen LogP contribution >= 0.6 is 15.9 Å². The van der Waals surface area contributed by atoms with Crippen LogP contribution in [0.5, 0.6) is 0 Å². The minimum absolute atomic E-state index is 0.540. The third-order valence-electron chi connectivity index (χ3n) is 2.37. The third-order valence-corrected chi connectivity index (χ3v) is 3.16. The highest BCUT2D eigenvalue weighted by atomic mass is 79.9. The zero-order chi connectivity index (χ0) is 9.14. The largest absolute Gasteiger partial charge is 0.0887 e. The van der Waals surface area contributed by atoms with Crippen molar-refractivity contribution in [2.24, 2.45) is 0 Å². The van der Waals surface area contributed by atoms with Crippen molar-refractivity contribution in [3.05, 3.63) is 35.4 Å². The second kappa shape index (κ2) is 4.08. The molecule has 1 heteroatoms. The van der Waals surface area contributed by atoms with Gasteiger partial charge in [-0.05, 0) is 24.0 Å². The summed E-state index contributed by atoms with van der Waals surface area (Å²) in [4.78, 5) is 0.540. The summed E-state index contributed by atoms with van der Waals surface area (Å²) in [5.41, 5.74) is 2.83. The van der Waals surface area contributed by atoms with Crippen LogP contribution in [0.15, 0.2) is 24.3 Å². The maximum absolute atomic E-state index is 3.61. The summed E-state index contributed by atoms with van der Waals surface area (Å²) in [5.74, 6) is 0.589. The van der Waals surface area contributed by atoms with Crippen LogP contribution in [0.25, 0.3) is 0 Å². The van der Waals surface area contributed by atoms with E-state index in [9.17, 15) is 0 Å². The van der Waals surface area contributed by atoms with E-state index in [1.54, 1.807) is 0 Å². The molecule has 12 heavy (non-hydrogen) atoms. The minimum atomic E-state index is 0.540. The van der Waals surface area contributed by atoms with E-state index in [4.69, 9.17) is 0 Å². The second-order valence-electron chi connectivity index (χ2n) is 3.32. The highest BCUT2D eigenvalue weighted by Gasteiger charge is 2.12. The highest BCUT2D eigenvalue weighted by molar-refractivity contribution is 9.09. The third kappa shape index (κ3) is 2.10. The number of hydrogen-bond acceptors (Lipinski definition) is 0. The molecule has 1 aromatic rings. The second-order valence-corrected chi connectivity index (χ2v) is 4.77. The molecule has 0 aliphatic heterocycles. The van der Waals surface area contributed by atoms with E-state index in [1.807, 2.05) is 0 Å². The molecule has 0 fully saturated rings. The summed E-state index contributed by atoms with van der Waals surface area (Å²) in [6.07, 6.45) is 0. The molecular formula is C11H15Br. The van der Waals surface area contributed by atoms with Crippen LogP contribution in [0.1, 0.15) is 30.9 Å². The van der Waals surface area contributed by atoms with Crippen molar-refractivity contribution < 1.29 is 0 Å². The van der Waals surface area contributed by atoms with E-state index < -0.39 is 0 Å². The fourth-order valence-corrected chi connectivity index (χ4v) is 1.63. The predicted octanol–water partition coefficient (Wildman–Crippen LogP) is 3.88. The first-order valence-electron chi connectivity index (χ1n) is 4.32. The number of alkyl halides is 1. The van der Waals surface area contributed by atoms with E-state index in [0.29, 0.717) is 10.7 Å². The highest BCUT2D eigenvalue weighted by Crippen LogP contribution is 2.26. The fraction of sp³-hybridized carbons (Fsp3) is 0.455. The molecule has 2 atom stereocenters. The van der Waals surface area contributed by atoms with E-state index >= 15 is 0 Å². The Balaban J connectivity index is 2.94. The molecule has 0 bridgehead atoms. The van der Waals surface area contributed by atoms with Crippen LogP contribution in [0.2, 0.25) is 0 Å². The van der Waals surface area contributed by atoms with E-state index in [0.717, 1.165) is 0 Å². The summed E-state index contributed by atoms with van der Waals surface area (Å²) in [6.45, 7) is 6.61. The number of benzene rings is 1. The van der Waals surface area contributed by atoms with Gasteiger partial charge in [0.05, 0.1) is 0 Å². The molecule has 2 unspecified atom stereocenters. The van der Waals surface area contributed by atoms with Gasteiger partial charge in [-0.2, -0.15) is 0 Å². The lowest BCUT2D eigenvalue weighted by atomic mass is 9.94. The maximum Gasteiger partial charge on any atom is 0.0183 e. The van der Waals surface area contributed by atoms with Crippen molar-refractivity contribution in [1.29, 1.82) is 0 Å². The van der Waals surface area contributed by atoms with Crippen LogP contribution in [0, 0.1) is 6.92 Å². The molecule has 0 amide bonds. The molecule has 0 aliphatic rings. The summed E-state index contributed by atoms with van der Waals surface area (Å²) in [6, 6.07) is 8.57. The van der Waals surface area contributed by atoms with Gasteiger partial charge in [-0.25, -0.2) is 0 Å². The summed E-state index contributed by atoms with van der Waals surface area (Å²) >= 11 is 3.61. The smallest absolute Gasteiger partial charge is 0.0183 e. The summed E-state index contributed by atoms with van der Waals surface area (Å²) in [5, 5.41) is 0. The summed E-state index contributed by atoms with van der Waals surface area (Å²) < 4.78 is 0.